The first kappa shape index (κ1) is 14.0. The van der Waals surface area contributed by atoms with Gasteiger partial charge < -0.3 is 24.8 Å². The van der Waals surface area contributed by atoms with Gasteiger partial charge in [-0.25, -0.2) is 0 Å². The number of aliphatic hydroxyl groups is 1. The third kappa shape index (κ3) is 3.11. The van der Waals surface area contributed by atoms with Crippen LogP contribution in [0.3, 0.4) is 0 Å². The number of ether oxygens (including phenoxy) is 2. The fourth-order valence-electron chi connectivity index (χ4n) is 2.44. The molecule has 0 radical (unpaired) electrons. The van der Waals surface area contributed by atoms with Gasteiger partial charge in [0.2, 0.25) is 0 Å². The summed E-state index contributed by atoms with van der Waals surface area (Å²) in [4.78, 5) is 2.20. The van der Waals surface area contributed by atoms with E-state index in [1.54, 1.807) is 14.2 Å². The van der Waals surface area contributed by atoms with Crippen molar-refractivity contribution in [3.8, 4) is 11.5 Å². The summed E-state index contributed by atoms with van der Waals surface area (Å²) in [6, 6.07) is 5.81. The Morgan fingerprint density at radius 3 is 2.89 bits per heavy atom. The van der Waals surface area contributed by atoms with Gasteiger partial charge in [0.25, 0.3) is 0 Å². The standard InChI is InChI=1S/C14H22N2O3/c1-18-12-4-5-14(19-2)13(8-12)16-7-3-6-15-9-11(16)10-17/h4-5,8,11,15,17H,3,6-7,9-10H2,1-2H3. The van der Waals surface area contributed by atoms with E-state index in [9.17, 15) is 5.11 Å². The number of nitrogens with zero attached hydrogens (tertiary/aromatic N) is 1. The van der Waals surface area contributed by atoms with Crippen LogP contribution >= 0.6 is 0 Å². The van der Waals surface area contributed by atoms with Crippen LogP contribution in [0.4, 0.5) is 5.69 Å². The lowest BCUT2D eigenvalue weighted by molar-refractivity contribution is 0.259. The first-order valence-electron chi connectivity index (χ1n) is 6.60. The zero-order valence-corrected chi connectivity index (χ0v) is 11.6. The highest BCUT2D eigenvalue weighted by Crippen LogP contribution is 2.33. The molecular formula is C14H22N2O3. The molecule has 2 rings (SSSR count). The Morgan fingerprint density at radius 1 is 1.37 bits per heavy atom. The van der Waals surface area contributed by atoms with Gasteiger partial charge in [0.1, 0.15) is 11.5 Å². The van der Waals surface area contributed by atoms with Gasteiger partial charge in [-0.2, -0.15) is 0 Å². The van der Waals surface area contributed by atoms with Crippen LogP contribution in [0.1, 0.15) is 6.42 Å². The van der Waals surface area contributed by atoms with Crippen molar-refractivity contribution in [3.05, 3.63) is 18.2 Å². The Morgan fingerprint density at radius 2 is 2.21 bits per heavy atom. The van der Waals surface area contributed by atoms with Crippen LogP contribution in [0.2, 0.25) is 0 Å². The number of rotatable bonds is 4. The van der Waals surface area contributed by atoms with Crippen LogP contribution in [0.15, 0.2) is 18.2 Å². The van der Waals surface area contributed by atoms with Gasteiger partial charge in [-0.05, 0) is 25.1 Å². The number of hydrogen-bond donors (Lipinski definition) is 2. The predicted molar refractivity (Wildman–Crippen MR) is 75.3 cm³/mol. The molecular weight excluding hydrogens is 244 g/mol. The molecule has 1 unspecified atom stereocenters. The summed E-state index contributed by atoms with van der Waals surface area (Å²) in [5, 5.41) is 12.9. The molecule has 0 aromatic heterocycles. The van der Waals surface area contributed by atoms with Crippen LogP contribution in [0, 0.1) is 0 Å². The zero-order valence-electron chi connectivity index (χ0n) is 11.6. The lowest BCUT2D eigenvalue weighted by Crippen LogP contribution is -2.42. The Kier molecular flexibility index (Phi) is 4.87. The van der Waals surface area contributed by atoms with Gasteiger partial charge in [0.05, 0.1) is 32.6 Å². The highest BCUT2D eigenvalue weighted by molar-refractivity contribution is 5.62. The molecule has 5 heteroatoms. The predicted octanol–water partition coefficient (Wildman–Crippen LogP) is 0.864. The van der Waals surface area contributed by atoms with Crippen molar-refractivity contribution >= 4 is 5.69 Å². The maximum Gasteiger partial charge on any atom is 0.142 e. The zero-order chi connectivity index (χ0) is 13.7. The fraction of sp³-hybridized carbons (Fsp3) is 0.571. The number of methoxy groups -OCH3 is 2. The lowest BCUT2D eigenvalue weighted by Gasteiger charge is -2.31. The maximum absolute atomic E-state index is 9.58. The van der Waals surface area contributed by atoms with E-state index in [2.05, 4.69) is 10.2 Å². The number of aliphatic hydroxyl groups excluding tert-OH is 1. The largest absolute Gasteiger partial charge is 0.497 e. The second-order valence-electron chi connectivity index (χ2n) is 4.63. The first-order chi connectivity index (χ1) is 9.30. The van der Waals surface area contributed by atoms with Crippen LogP contribution in [-0.2, 0) is 0 Å². The van der Waals surface area contributed by atoms with Crippen LogP contribution in [-0.4, -0.2) is 51.6 Å². The SMILES string of the molecule is COc1ccc(OC)c(N2CCCNCC2CO)c1. The average molecular weight is 266 g/mol. The van der Waals surface area contributed by atoms with Crippen molar-refractivity contribution in [2.45, 2.75) is 12.5 Å². The van der Waals surface area contributed by atoms with Crippen molar-refractivity contribution in [2.75, 3.05) is 45.4 Å². The molecule has 2 N–H and O–H groups in total. The fourth-order valence-corrected chi connectivity index (χ4v) is 2.44. The highest BCUT2D eigenvalue weighted by atomic mass is 16.5. The third-order valence-electron chi connectivity index (χ3n) is 3.48. The molecule has 0 spiro atoms. The Labute approximate surface area is 114 Å². The van der Waals surface area contributed by atoms with Crippen molar-refractivity contribution in [1.82, 2.24) is 5.32 Å². The van der Waals surface area contributed by atoms with Crippen LogP contribution in [0.5, 0.6) is 11.5 Å². The van der Waals surface area contributed by atoms with Crippen molar-refractivity contribution in [2.24, 2.45) is 0 Å². The molecule has 5 nitrogen and oxygen atoms in total. The van der Waals surface area contributed by atoms with Crippen molar-refractivity contribution in [1.29, 1.82) is 0 Å². The van der Waals surface area contributed by atoms with Crippen molar-refractivity contribution in [3.63, 3.8) is 0 Å². The number of anilines is 1. The second-order valence-corrected chi connectivity index (χ2v) is 4.63. The summed E-state index contributed by atoms with van der Waals surface area (Å²) in [7, 11) is 3.31. The number of hydrogen-bond acceptors (Lipinski definition) is 5. The minimum Gasteiger partial charge on any atom is -0.497 e. The molecule has 1 aromatic rings. The topological polar surface area (TPSA) is 54.0 Å². The quantitative estimate of drug-likeness (QED) is 0.847. The molecule has 1 heterocycles. The Hall–Kier alpha value is -1.46. The highest BCUT2D eigenvalue weighted by Gasteiger charge is 2.23. The molecule has 1 saturated heterocycles. The summed E-state index contributed by atoms with van der Waals surface area (Å²) in [6.45, 7) is 2.76. The molecule has 1 aromatic carbocycles. The molecule has 19 heavy (non-hydrogen) atoms. The molecule has 0 saturated carbocycles. The number of nitrogens with one attached hydrogen (secondary N) is 1. The minimum atomic E-state index is 0.0588. The Balaban J connectivity index is 2.35. The van der Waals surface area contributed by atoms with Crippen LogP contribution < -0.4 is 19.7 Å². The van der Waals surface area contributed by atoms with E-state index in [0.717, 1.165) is 43.2 Å². The lowest BCUT2D eigenvalue weighted by atomic mass is 10.2. The first-order valence-corrected chi connectivity index (χ1v) is 6.60. The van der Waals surface area contributed by atoms with Gasteiger partial charge in [0.15, 0.2) is 0 Å². The van der Waals surface area contributed by atoms with Gasteiger partial charge in [-0.1, -0.05) is 0 Å². The normalized spacial score (nSPS) is 19.9. The van der Waals surface area contributed by atoms with E-state index in [-0.39, 0.29) is 12.6 Å². The summed E-state index contributed by atoms with van der Waals surface area (Å²) < 4.78 is 10.7. The van der Waals surface area contributed by atoms with Crippen molar-refractivity contribution < 1.29 is 14.6 Å². The third-order valence-corrected chi connectivity index (χ3v) is 3.48. The summed E-state index contributed by atoms with van der Waals surface area (Å²) in [5.74, 6) is 1.60. The summed E-state index contributed by atoms with van der Waals surface area (Å²) in [6.07, 6.45) is 1.04. The molecule has 1 aliphatic rings. The van der Waals surface area contributed by atoms with Gasteiger partial charge >= 0.3 is 0 Å². The van der Waals surface area contributed by atoms with Gasteiger partial charge in [0, 0.05) is 19.2 Å². The van der Waals surface area contributed by atoms with E-state index in [0.29, 0.717) is 0 Å². The average Bonchev–Trinajstić information content (AvgIpc) is 2.71. The molecule has 1 fully saturated rings. The van der Waals surface area contributed by atoms with Gasteiger partial charge in [-0.15, -0.1) is 0 Å². The molecule has 0 amide bonds. The molecule has 106 valence electrons. The molecule has 1 aliphatic heterocycles. The summed E-state index contributed by atoms with van der Waals surface area (Å²) in [5.41, 5.74) is 0.976. The van der Waals surface area contributed by atoms with Gasteiger partial charge in [-0.3, -0.25) is 0 Å². The van der Waals surface area contributed by atoms with E-state index in [1.165, 1.54) is 0 Å². The van der Waals surface area contributed by atoms with Crippen LogP contribution in [0.25, 0.3) is 0 Å². The Bertz CT molecular complexity index is 412. The molecule has 1 atom stereocenters. The van der Waals surface area contributed by atoms with E-state index < -0.39 is 0 Å². The molecule has 0 aliphatic carbocycles. The maximum atomic E-state index is 9.58. The van der Waals surface area contributed by atoms with E-state index in [1.807, 2.05) is 18.2 Å². The molecule has 0 bridgehead atoms. The summed E-state index contributed by atoms with van der Waals surface area (Å²) >= 11 is 0. The second kappa shape index (κ2) is 6.63. The number of benzene rings is 1. The van der Waals surface area contributed by atoms with E-state index in [4.69, 9.17) is 9.47 Å². The smallest absolute Gasteiger partial charge is 0.142 e. The minimum absolute atomic E-state index is 0.0588. The monoisotopic (exact) mass is 266 g/mol. The van der Waals surface area contributed by atoms with E-state index >= 15 is 0 Å².